The molecule has 0 atom stereocenters. The van der Waals surface area contributed by atoms with Crippen LogP contribution in [0.15, 0.2) is 58.8 Å². The number of aromatic nitrogens is 3. The molecule has 0 radical (unpaired) electrons. The number of hydrogen-bond acceptors (Lipinski definition) is 5. The summed E-state index contributed by atoms with van der Waals surface area (Å²) in [4.78, 5) is 12.1. The van der Waals surface area contributed by atoms with Gasteiger partial charge in [0.1, 0.15) is 0 Å². The highest BCUT2D eigenvalue weighted by atomic mass is 32.2. The third kappa shape index (κ3) is 5.07. The number of thioether (sulfide) groups is 1. The Hall–Kier alpha value is -2.93. The molecule has 0 unspecified atom stereocenters. The summed E-state index contributed by atoms with van der Waals surface area (Å²) in [6, 6.07) is 16.1. The van der Waals surface area contributed by atoms with Crippen molar-refractivity contribution in [1.29, 1.82) is 0 Å². The van der Waals surface area contributed by atoms with Crippen molar-refractivity contribution in [3.8, 4) is 11.4 Å². The quantitative estimate of drug-likeness (QED) is 0.376. The van der Waals surface area contributed by atoms with Crippen molar-refractivity contribution in [3.05, 3.63) is 65.2 Å². The maximum absolute atomic E-state index is 12.1. The van der Waals surface area contributed by atoms with Crippen molar-refractivity contribution in [1.82, 2.24) is 20.2 Å². The minimum atomic E-state index is -0.184. The SMILES string of the molecule is CCn1c(SCC(=O)NN=Cc2ccc(C)cc2)nnc1-c1ccc(C)cc1. The van der Waals surface area contributed by atoms with E-state index in [1.54, 1.807) is 6.21 Å². The molecular formula is C21H23N5OS. The minimum Gasteiger partial charge on any atom is -0.302 e. The first kappa shape index (κ1) is 19.8. The van der Waals surface area contributed by atoms with Gasteiger partial charge in [0.2, 0.25) is 0 Å². The summed E-state index contributed by atoms with van der Waals surface area (Å²) in [5.41, 5.74) is 6.88. The highest BCUT2D eigenvalue weighted by molar-refractivity contribution is 7.99. The van der Waals surface area contributed by atoms with Crippen molar-refractivity contribution >= 4 is 23.9 Å². The molecular weight excluding hydrogens is 370 g/mol. The molecule has 0 saturated carbocycles. The zero-order valence-electron chi connectivity index (χ0n) is 16.2. The van der Waals surface area contributed by atoms with Crippen LogP contribution in [-0.4, -0.2) is 32.6 Å². The topological polar surface area (TPSA) is 72.2 Å². The van der Waals surface area contributed by atoms with Crippen LogP contribution in [0, 0.1) is 13.8 Å². The molecule has 0 aliphatic carbocycles. The fourth-order valence-corrected chi connectivity index (χ4v) is 3.39. The molecule has 0 aliphatic heterocycles. The third-order valence-electron chi connectivity index (χ3n) is 4.16. The number of carbonyl (C=O) groups excluding carboxylic acids is 1. The lowest BCUT2D eigenvalue weighted by Gasteiger charge is -2.07. The summed E-state index contributed by atoms with van der Waals surface area (Å²) in [7, 11) is 0. The van der Waals surface area contributed by atoms with Gasteiger partial charge in [-0.3, -0.25) is 4.79 Å². The molecule has 0 bridgehead atoms. The van der Waals surface area contributed by atoms with E-state index in [2.05, 4.69) is 39.8 Å². The van der Waals surface area contributed by atoms with Gasteiger partial charge in [-0.25, -0.2) is 5.43 Å². The number of rotatable bonds is 7. The molecule has 28 heavy (non-hydrogen) atoms. The van der Waals surface area contributed by atoms with E-state index in [-0.39, 0.29) is 11.7 Å². The second kappa shape index (κ2) is 9.32. The van der Waals surface area contributed by atoms with Gasteiger partial charge in [0.15, 0.2) is 11.0 Å². The summed E-state index contributed by atoms with van der Waals surface area (Å²) in [6.45, 7) is 6.84. The Kier molecular flexibility index (Phi) is 6.60. The van der Waals surface area contributed by atoms with E-state index in [4.69, 9.17) is 0 Å². The average Bonchev–Trinajstić information content (AvgIpc) is 3.11. The van der Waals surface area contributed by atoms with Crippen LogP contribution < -0.4 is 5.43 Å². The first-order valence-electron chi connectivity index (χ1n) is 9.08. The maximum atomic E-state index is 12.1. The predicted molar refractivity (Wildman–Crippen MR) is 114 cm³/mol. The largest absolute Gasteiger partial charge is 0.302 e. The average molecular weight is 394 g/mol. The molecule has 1 aromatic heterocycles. The monoisotopic (exact) mass is 393 g/mol. The van der Waals surface area contributed by atoms with Crippen LogP contribution in [0.25, 0.3) is 11.4 Å². The van der Waals surface area contributed by atoms with Crippen LogP contribution in [0.1, 0.15) is 23.6 Å². The Balaban J connectivity index is 1.58. The predicted octanol–water partition coefficient (Wildman–Crippen LogP) is 3.82. The van der Waals surface area contributed by atoms with E-state index in [0.29, 0.717) is 0 Å². The van der Waals surface area contributed by atoms with Gasteiger partial charge in [-0.1, -0.05) is 71.4 Å². The Morgan fingerprint density at radius 2 is 1.71 bits per heavy atom. The Bertz CT molecular complexity index is 961. The van der Waals surface area contributed by atoms with Gasteiger partial charge in [-0.15, -0.1) is 10.2 Å². The van der Waals surface area contributed by atoms with Crippen molar-refractivity contribution in [2.24, 2.45) is 5.10 Å². The fourth-order valence-electron chi connectivity index (χ4n) is 2.59. The first-order chi connectivity index (χ1) is 13.6. The zero-order chi connectivity index (χ0) is 19.9. The van der Waals surface area contributed by atoms with Gasteiger partial charge in [-0.2, -0.15) is 5.10 Å². The second-order valence-electron chi connectivity index (χ2n) is 6.41. The molecule has 0 aliphatic rings. The van der Waals surface area contributed by atoms with Crippen LogP contribution >= 0.6 is 11.8 Å². The lowest BCUT2D eigenvalue weighted by atomic mass is 10.1. The van der Waals surface area contributed by atoms with Gasteiger partial charge in [-0.05, 0) is 26.3 Å². The molecule has 1 heterocycles. The normalized spacial score (nSPS) is 11.1. The third-order valence-corrected chi connectivity index (χ3v) is 5.12. The molecule has 3 aromatic rings. The maximum Gasteiger partial charge on any atom is 0.250 e. The van der Waals surface area contributed by atoms with Crippen LogP contribution in [0.2, 0.25) is 0 Å². The van der Waals surface area contributed by atoms with Crippen molar-refractivity contribution in [2.75, 3.05) is 5.75 Å². The van der Waals surface area contributed by atoms with E-state index in [1.807, 2.05) is 54.8 Å². The van der Waals surface area contributed by atoms with Crippen LogP contribution in [0.4, 0.5) is 0 Å². The van der Waals surface area contributed by atoms with Crippen molar-refractivity contribution < 1.29 is 4.79 Å². The molecule has 7 heteroatoms. The standard InChI is InChI=1S/C21H23N5OS/c1-4-26-20(18-11-7-16(3)8-12-18)24-25-21(26)28-14-19(27)23-22-13-17-9-5-15(2)6-10-17/h5-13H,4,14H2,1-3H3,(H,23,27). The van der Waals surface area contributed by atoms with Gasteiger partial charge in [0.25, 0.3) is 5.91 Å². The number of nitrogens with zero attached hydrogens (tertiary/aromatic N) is 4. The van der Waals surface area contributed by atoms with Gasteiger partial charge >= 0.3 is 0 Å². The summed E-state index contributed by atoms with van der Waals surface area (Å²) < 4.78 is 2.01. The number of hydrogen-bond donors (Lipinski definition) is 1. The number of amides is 1. The van der Waals surface area contributed by atoms with E-state index >= 15 is 0 Å². The van der Waals surface area contributed by atoms with Gasteiger partial charge in [0, 0.05) is 12.1 Å². The summed E-state index contributed by atoms with van der Waals surface area (Å²) in [6.07, 6.45) is 1.63. The van der Waals surface area contributed by atoms with Crippen LogP contribution in [0.3, 0.4) is 0 Å². The number of nitrogens with one attached hydrogen (secondary N) is 1. The van der Waals surface area contributed by atoms with Crippen molar-refractivity contribution in [2.45, 2.75) is 32.5 Å². The number of aryl methyl sites for hydroxylation is 2. The summed E-state index contributed by atoms with van der Waals surface area (Å²) in [5, 5.41) is 13.3. The number of benzene rings is 2. The molecule has 1 N–H and O–H groups in total. The molecule has 0 spiro atoms. The second-order valence-corrected chi connectivity index (χ2v) is 7.35. The first-order valence-corrected chi connectivity index (χ1v) is 10.1. The van der Waals surface area contributed by atoms with E-state index in [0.717, 1.165) is 28.7 Å². The van der Waals surface area contributed by atoms with Crippen LogP contribution in [-0.2, 0) is 11.3 Å². The lowest BCUT2D eigenvalue weighted by molar-refractivity contribution is -0.118. The van der Waals surface area contributed by atoms with Gasteiger partial charge in [0.05, 0.1) is 12.0 Å². The zero-order valence-corrected chi connectivity index (χ0v) is 17.0. The van der Waals surface area contributed by atoms with Gasteiger partial charge < -0.3 is 4.57 Å². The molecule has 0 fully saturated rings. The smallest absolute Gasteiger partial charge is 0.250 e. The Morgan fingerprint density at radius 3 is 2.36 bits per heavy atom. The fraction of sp³-hybridized carbons (Fsp3) is 0.238. The van der Waals surface area contributed by atoms with E-state index < -0.39 is 0 Å². The molecule has 0 saturated heterocycles. The molecule has 1 amide bonds. The number of hydrazone groups is 1. The van der Waals surface area contributed by atoms with E-state index in [9.17, 15) is 4.79 Å². The highest BCUT2D eigenvalue weighted by Gasteiger charge is 2.14. The minimum absolute atomic E-state index is 0.184. The Labute approximate surface area is 169 Å². The lowest BCUT2D eigenvalue weighted by Crippen LogP contribution is -2.20. The highest BCUT2D eigenvalue weighted by Crippen LogP contribution is 2.24. The summed E-state index contributed by atoms with van der Waals surface area (Å²) in [5.74, 6) is 0.843. The molecule has 3 rings (SSSR count). The molecule has 144 valence electrons. The Morgan fingerprint density at radius 1 is 1.07 bits per heavy atom. The van der Waals surface area contributed by atoms with Crippen molar-refractivity contribution in [3.63, 3.8) is 0 Å². The molecule has 6 nitrogen and oxygen atoms in total. The van der Waals surface area contributed by atoms with E-state index in [1.165, 1.54) is 22.9 Å². The summed E-state index contributed by atoms with van der Waals surface area (Å²) >= 11 is 1.35. The molecule has 2 aromatic carbocycles. The number of carbonyl (C=O) groups is 1. The van der Waals surface area contributed by atoms with Crippen LogP contribution in [0.5, 0.6) is 0 Å².